The molecule has 1 aliphatic rings. The molecule has 0 spiro atoms. The summed E-state index contributed by atoms with van der Waals surface area (Å²) in [7, 11) is 1.66. The Morgan fingerprint density at radius 3 is 3.00 bits per heavy atom. The number of carbonyl (C=O) groups is 1. The largest absolute Gasteiger partial charge is 0.359 e. The van der Waals surface area contributed by atoms with E-state index in [-0.39, 0.29) is 5.91 Å². The van der Waals surface area contributed by atoms with Crippen LogP contribution in [0.4, 0.5) is 0 Å². The Morgan fingerprint density at radius 2 is 2.45 bits per heavy atom. The van der Waals surface area contributed by atoms with Crippen molar-refractivity contribution in [1.29, 1.82) is 0 Å². The van der Waals surface area contributed by atoms with E-state index in [0.717, 1.165) is 18.4 Å². The summed E-state index contributed by atoms with van der Waals surface area (Å²) in [5, 5.41) is 2.60. The van der Waals surface area contributed by atoms with Crippen molar-refractivity contribution in [3.63, 3.8) is 0 Å². The van der Waals surface area contributed by atoms with Crippen molar-refractivity contribution in [3.05, 3.63) is 23.8 Å². The van der Waals surface area contributed by atoms with Gasteiger partial charge in [0.1, 0.15) is 0 Å². The third kappa shape index (κ3) is 2.58. The van der Waals surface area contributed by atoms with Crippen LogP contribution < -0.4 is 5.32 Å². The van der Waals surface area contributed by atoms with Crippen LogP contribution in [0.5, 0.6) is 0 Å². The van der Waals surface area contributed by atoms with Gasteiger partial charge in [-0.05, 0) is 18.4 Å². The fourth-order valence-corrected chi connectivity index (χ4v) is 1.07. The van der Waals surface area contributed by atoms with Crippen LogP contribution in [-0.2, 0) is 4.79 Å². The fourth-order valence-electron chi connectivity index (χ4n) is 1.07. The van der Waals surface area contributed by atoms with Crippen molar-refractivity contribution in [2.75, 3.05) is 7.05 Å². The molecule has 0 atom stereocenters. The van der Waals surface area contributed by atoms with Gasteiger partial charge in [-0.3, -0.25) is 4.79 Å². The molecule has 0 aromatic rings. The minimum absolute atomic E-state index is 0.0859. The Morgan fingerprint density at radius 1 is 1.64 bits per heavy atom. The summed E-state index contributed by atoms with van der Waals surface area (Å²) in [5.74, 6) is 0.0859. The van der Waals surface area contributed by atoms with Gasteiger partial charge in [0.15, 0.2) is 0 Å². The number of carbonyl (C=O) groups excluding carboxylic acids is 1. The third-order valence-electron chi connectivity index (χ3n) is 1.72. The van der Waals surface area contributed by atoms with E-state index in [0.29, 0.717) is 6.42 Å². The highest BCUT2D eigenvalue weighted by atomic mass is 16.1. The first-order valence-electron chi connectivity index (χ1n) is 3.89. The predicted molar refractivity (Wildman–Crippen MR) is 45.1 cm³/mol. The topological polar surface area (TPSA) is 29.1 Å². The first-order valence-corrected chi connectivity index (χ1v) is 3.89. The van der Waals surface area contributed by atoms with Crippen LogP contribution in [0.3, 0.4) is 0 Å². The zero-order valence-corrected chi connectivity index (χ0v) is 6.76. The molecule has 2 heteroatoms. The molecule has 0 unspecified atom stereocenters. The van der Waals surface area contributed by atoms with Gasteiger partial charge in [-0.2, -0.15) is 0 Å². The van der Waals surface area contributed by atoms with Crippen molar-refractivity contribution in [2.45, 2.75) is 19.3 Å². The van der Waals surface area contributed by atoms with Gasteiger partial charge in [-0.25, -0.2) is 0 Å². The van der Waals surface area contributed by atoms with Crippen LogP contribution in [0, 0.1) is 0 Å². The molecule has 0 aromatic carbocycles. The first kappa shape index (κ1) is 8.05. The molecule has 0 saturated heterocycles. The molecule has 0 heterocycles. The SMILES string of the molecule is CNC(=O)CC1=CCCC=C1. The smallest absolute Gasteiger partial charge is 0.224 e. The summed E-state index contributed by atoms with van der Waals surface area (Å²) in [5.41, 5.74) is 1.13. The molecule has 1 rings (SSSR count). The molecule has 0 aliphatic heterocycles. The standard InChI is InChI=1S/C9H13NO/c1-10-9(11)7-8-5-3-2-4-6-8/h3,5-6H,2,4,7H2,1H3,(H,10,11). The maximum absolute atomic E-state index is 10.9. The van der Waals surface area contributed by atoms with Crippen LogP contribution in [0.1, 0.15) is 19.3 Å². The molecule has 2 nitrogen and oxygen atoms in total. The third-order valence-corrected chi connectivity index (χ3v) is 1.72. The number of amides is 1. The van der Waals surface area contributed by atoms with Crippen molar-refractivity contribution < 1.29 is 4.79 Å². The Bertz CT molecular complexity index is 204. The lowest BCUT2D eigenvalue weighted by atomic mass is 10.0. The predicted octanol–water partition coefficient (Wildman–Crippen LogP) is 1.40. The Hall–Kier alpha value is -1.05. The highest BCUT2D eigenvalue weighted by Gasteiger charge is 2.02. The quantitative estimate of drug-likeness (QED) is 0.635. The summed E-state index contributed by atoms with van der Waals surface area (Å²) in [6.07, 6.45) is 8.96. The number of hydrogen-bond acceptors (Lipinski definition) is 1. The van der Waals surface area contributed by atoms with Crippen LogP contribution in [0.25, 0.3) is 0 Å². The van der Waals surface area contributed by atoms with Gasteiger partial charge in [0.25, 0.3) is 0 Å². The Balaban J connectivity index is 2.42. The van der Waals surface area contributed by atoms with E-state index in [4.69, 9.17) is 0 Å². The van der Waals surface area contributed by atoms with Crippen molar-refractivity contribution in [3.8, 4) is 0 Å². The summed E-state index contributed by atoms with van der Waals surface area (Å²) in [6.45, 7) is 0. The van der Waals surface area contributed by atoms with E-state index in [9.17, 15) is 4.79 Å². The minimum atomic E-state index is 0.0859. The van der Waals surface area contributed by atoms with Crippen molar-refractivity contribution >= 4 is 5.91 Å². The normalized spacial score (nSPS) is 15.9. The van der Waals surface area contributed by atoms with Gasteiger partial charge in [-0.15, -0.1) is 0 Å². The van der Waals surface area contributed by atoms with E-state index < -0.39 is 0 Å². The lowest BCUT2D eigenvalue weighted by Crippen LogP contribution is -2.17. The summed E-state index contributed by atoms with van der Waals surface area (Å²) in [6, 6.07) is 0. The maximum atomic E-state index is 10.9. The first-order chi connectivity index (χ1) is 5.33. The van der Waals surface area contributed by atoms with Crippen LogP contribution in [0.15, 0.2) is 23.8 Å². The zero-order valence-electron chi connectivity index (χ0n) is 6.76. The van der Waals surface area contributed by atoms with Crippen LogP contribution in [0.2, 0.25) is 0 Å². The molecule has 1 aliphatic carbocycles. The molecule has 0 radical (unpaired) electrons. The Kier molecular flexibility index (Phi) is 2.90. The number of allylic oxidation sites excluding steroid dienone is 3. The molecule has 0 saturated carbocycles. The van der Waals surface area contributed by atoms with Gasteiger partial charge in [0, 0.05) is 7.05 Å². The monoisotopic (exact) mass is 151 g/mol. The summed E-state index contributed by atoms with van der Waals surface area (Å²) < 4.78 is 0. The van der Waals surface area contributed by atoms with Crippen LogP contribution in [-0.4, -0.2) is 13.0 Å². The lowest BCUT2D eigenvalue weighted by Gasteiger charge is -2.04. The van der Waals surface area contributed by atoms with Gasteiger partial charge in [-0.1, -0.05) is 18.2 Å². The summed E-state index contributed by atoms with van der Waals surface area (Å²) >= 11 is 0. The molecule has 0 fully saturated rings. The second-order valence-electron chi connectivity index (χ2n) is 2.61. The molecule has 0 aromatic heterocycles. The van der Waals surface area contributed by atoms with Crippen LogP contribution >= 0.6 is 0 Å². The second-order valence-corrected chi connectivity index (χ2v) is 2.61. The average Bonchev–Trinajstić information content (AvgIpc) is 2.06. The fraction of sp³-hybridized carbons (Fsp3) is 0.444. The van der Waals surface area contributed by atoms with Crippen molar-refractivity contribution in [1.82, 2.24) is 5.32 Å². The minimum Gasteiger partial charge on any atom is -0.359 e. The van der Waals surface area contributed by atoms with Gasteiger partial charge in [0.05, 0.1) is 6.42 Å². The molecular formula is C9H13NO. The van der Waals surface area contributed by atoms with Gasteiger partial charge < -0.3 is 5.32 Å². The molecule has 1 N–H and O–H groups in total. The lowest BCUT2D eigenvalue weighted by molar-refractivity contribution is -0.119. The summed E-state index contributed by atoms with van der Waals surface area (Å²) in [4.78, 5) is 10.9. The number of hydrogen-bond donors (Lipinski definition) is 1. The average molecular weight is 151 g/mol. The van der Waals surface area contributed by atoms with E-state index >= 15 is 0 Å². The molecule has 0 bridgehead atoms. The molecule has 1 amide bonds. The van der Waals surface area contributed by atoms with Gasteiger partial charge in [0.2, 0.25) is 5.91 Å². The van der Waals surface area contributed by atoms with Gasteiger partial charge >= 0.3 is 0 Å². The highest BCUT2D eigenvalue weighted by Crippen LogP contribution is 2.12. The van der Waals surface area contributed by atoms with E-state index in [1.165, 1.54) is 0 Å². The number of nitrogens with one attached hydrogen (secondary N) is 1. The van der Waals surface area contributed by atoms with Crippen molar-refractivity contribution in [2.24, 2.45) is 0 Å². The molecular weight excluding hydrogens is 138 g/mol. The highest BCUT2D eigenvalue weighted by molar-refractivity contribution is 5.78. The maximum Gasteiger partial charge on any atom is 0.224 e. The molecule has 60 valence electrons. The van der Waals surface area contributed by atoms with E-state index in [2.05, 4.69) is 17.5 Å². The Labute approximate surface area is 67.0 Å². The second kappa shape index (κ2) is 3.96. The number of rotatable bonds is 2. The van der Waals surface area contributed by atoms with E-state index in [1.807, 2.05) is 6.08 Å². The molecule has 11 heavy (non-hydrogen) atoms. The zero-order chi connectivity index (χ0) is 8.10. The van der Waals surface area contributed by atoms with E-state index in [1.54, 1.807) is 7.05 Å².